The number of nitrogens with two attached hydrogens (primary N) is 1. The number of nitrogens with one attached hydrogen (secondary N) is 1. The third-order valence-corrected chi connectivity index (χ3v) is 2.94. The fourth-order valence-corrected chi connectivity index (χ4v) is 1.83. The first-order valence-electron chi connectivity index (χ1n) is 7.47. The van der Waals surface area contributed by atoms with Crippen molar-refractivity contribution in [3.63, 3.8) is 0 Å². The number of anilines is 1. The van der Waals surface area contributed by atoms with E-state index in [0.717, 1.165) is 25.1 Å². The average Bonchev–Trinajstić information content (AvgIpc) is 2.50. The lowest BCUT2D eigenvalue weighted by Gasteiger charge is -2.11. The molecular weight excluding hydrogens is 409 g/mol. The van der Waals surface area contributed by atoms with E-state index in [9.17, 15) is 0 Å². The number of guanidine groups is 1. The van der Waals surface area contributed by atoms with E-state index in [1.807, 2.05) is 32.0 Å². The van der Waals surface area contributed by atoms with Crippen LogP contribution in [0.5, 0.6) is 11.5 Å². The van der Waals surface area contributed by atoms with Crippen molar-refractivity contribution in [3.05, 3.63) is 18.2 Å². The number of halogens is 1. The number of methoxy groups -OCH3 is 2. The van der Waals surface area contributed by atoms with E-state index in [0.29, 0.717) is 24.0 Å². The standard InChI is InChI=1S/C16H27N3O3.HI/c1-12(2)22-10-6-5-9-18-16(17)19-13-7-8-14(20-3)15(11-13)21-4;/h7-8,11-12H,5-6,9-10H2,1-4H3,(H3,17,18,19);1H. The van der Waals surface area contributed by atoms with Gasteiger partial charge in [0.05, 0.1) is 20.3 Å². The van der Waals surface area contributed by atoms with Crippen LogP contribution in [0.3, 0.4) is 0 Å². The maximum absolute atomic E-state index is 5.87. The minimum absolute atomic E-state index is 0. The van der Waals surface area contributed by atoms with E-state index in [1.165, 1.54) is 0 Å². The van der Waals surface area contributed by atoms with Gasteiger partial charge in [-0.3, -0.25) is 4.99 Å². The fraction of sp³-hybridized carbons (Fsp3) is 0.562. The Balaban J connectivity index is 0.00000484. The number of nitrogens with zero attached hydrogens (tertiary/aromatic N) is 1. The molecule has 7 heteroatoms. The van der Waals surface area contributed by atoms with Crippen molar-refractivity contribution in [2.45, 2.75) is 32.8 Å². The third-order valence-electron chi connectivity index (χ3n) is 2.94. The molecule has 1 aromatic carbocycles. The first kappa shape index (κ1) is 21.8. The molecule has 0 aliphatic heterocycles. The molecule has 0 aliphatic rings. The summed E-state index contributed by atoms with van der Waals surface area (Å²) in [6, 6.07) is 5.50. The molecule has 0 amide bonds. The normalized spacial score (nSPS) is 11.1. The molecule has 0 atom stereocenters. The second-order valence-corrected chi connectivity index (χ2v) is 5.09. The second-order valence-electron chi connectivity index (χ2n) is 5.09. The van der Waals surface area contributed by atoms with Crippen molar-refractivity contribution < 1.29 is 14.2 Å². The van der Waals surface area contributed by atoms with Gasteiger partial charge in [-0.15, -0.1) is 24.0 Å². The lowest BCUT2D eigenvalue weighted by Crippen LogP contribution is -2.22. The predicted octanol–water partition coefficient (Wildman–Crippen LogP) is 3.25. The zero-order valence-corrected chi connectivity index (χ0v) is 16.6. The number of hydrogen-bond donors (Lipinski definition) is 2. The van der Waals surface area contributed by atoms with Crippen LogP contribution in [0.25, 0.3) is 0 Å². The van der Waals surface area contributed by atoms with Crippen LogP contribution in [0.2, 0.25) is 0 Å². The summed E-state index contributed by atoms with van der Waals surface area (Å²) in [5.41, 5.74) is 6.67. The van der Waals surface area contributed by atoms with Gasteiger partial charge in [0.2, 0.25) is 0 Å². The number of aliphatic imine (C=N–C) groups is 1. The highest BCUT2D eigenvalue weighted by Crippen LogP contribution is 2.29. The molecule has 0 heterocycles. The molecule has 0 radical (unpaired) electrons. The van der Waals surface area contributed by atoms with Crippen molar-refractivity contribution >= 4 is 35.6 Å². The van der Waals surface area contributed by atoms with E-state index < -0.39 is 0 Å². The third kappa shape index (κ3) is 8.85. The van der Waals surface area contributed by atoms with Crippen LogP contribution in [0.1, 0.15) is 26.7 Å². The van der Waals surface area contributed by atoms with E-state index in [2.05, 4.69) is 10.3 Å². The first-order chi connectivity index (χ1) is 10.6. The molecule has 1 rings (SSSR count). The minimum Gasteiger partial charge on any atom is -0.493 e. The lowest BCUT2D eigenvalue weighted by molar-refractivity contribution is 0.0764. The predicted molar refractivity (Wildman–Crippen MR) is 105 cm³/mol. The number of benzene rings is 1. The van der Waals surface area contributed by atoms with Crippen LogP contribution < -0.4 is 20.5 Å². The second kappa shape index (κ2) is 12.2. The van der Waals surface area contributed by atoms with Gasteiger partial charge in [0, 0.05) is 24.9 Å². The smallest absolute Gasteiger partial charge is 0.193 e. The maximum atomic E-state index is 5.87. The van der Waals surface area contributed by atoms with Gasteiger partial charge in [-0.2, -0.15) is 0 Å². The van der Waals surface area contributed by atoms with Gasteiger partial charge in [0.25, 0.3) is 0 Å². The first-order valence-corrected chi connectivity index (χ1v) is 7.47. The van der Waals surface area contributed by atoms with Crippen LogP contribution >= 0.6 is 24.0 Å². The van der Waals surface area contributed by atoms with Crippen molar-refractivity contribution in [3.8, 4) is 11.5 Å². The van der Waals surface area contributed by atoms with Gasteiger partial charge < -0.3 is 25.3 Å². The molecule has 0 spiro atoms. The number of ether oxygens (including phenoxy) is 3. The van der Waals surface area contributed by atoms with E-state index in [4.69, 9.17) is 19.9 Å². The number of hydrogen-bond acceptors (Lipinski definition) is 4. The molecular formula is C16H28IN3O3. The SMILES string of the molecule is COc1ccc(NC(N)=NCCCCOC(C)C)cc1OC.I. The summed E-state index contributed by atoms with van der Waals surface area (Å²) in [5, 5.41) is 3.04. The molecule has 23 heavy (non-hydrogen) atoms. The summed E-state index contributed by atoms with van der Waals surface area (Å²) in [6.07, 6.45) is 2.20. The summed E-state index contributed by atoms with van der Waals surface area (Å²) in [7, 11) is 3.20. The Morgan fingerprint density at radius 1 is 1.17 bits per heavy atom. The summed E-state index contributed by atoms with van der Waals surface area (Å²) in [4.78, 5) is 4.29. The summed E-state index contributed by atoms with van der Waals surface area (Å²) < 4.78 is 15.9. The van der Waals surface area contributed by atoms with Gasteiger partial charge in [0.1, 0.15) is 0 Å². The molecule has 0 saturated carbocycles. The summed E-state index contributed by atoms with van der Waals surface area (Å²) in [6.45, 7) is 5.50. The van der Waals surface area contributed by atoms with Crippen molar-refractivity contribution in [1.29, 1.82) is 0 Å². The number of unbranched alkanes of at least 4 members (excludes halogenated alkanes) is 1. The lowest BCUT2D eigenvalue weighted by atomic mass is 10.3. The Bertz CT molecular complexity index is 482. The van der Waals surface area contributed by atoms with E-state index >= 15 is 0 Å². The minimum atomic E-state index is 0. The van der Waals surface area contributed by atoms with Crippen molar-refractivity contribution in [1.82, 2.24) is 0 Å². The Hall–Kier alpha value is -1.22. The van der Waals surface area contributed by atoms with Crippen LogP contribution in [-0.4, -0.2) is 39.4 Å². The topological polar surface area (TPSA) is 78.1 Å². The molecule has 132 valence electrons. The van der Waals surface area contributed by atoms with Gasteiger partial charge in [-0.05, 0) is 38.8 Å². The van der Waals surface area contributed by atoms with Crippen LogP contribution in [0, 0.1) is 0 Å². The van der Waals surface area contributed by atoms with Crippen molar-refractivity contribution in [2.24, 2.45) is 10.7 Å². The van der Waals surface area contributed by atoms with Crippen molar-refractivity contribution in [2.75, 3.05) is 32.7 Å². The summed E-state index contributed by atoms with van der Waals surface area (Å²) in [5.74, 6) is 1.71. The van der Waals surface area contributed by atoms with Gasteiger partial charge in [-0.25, -0.2) is 0 Å². The highest BCUT2D eigenvalue weighted by atomic mass is 127. The quantitative estimate of drug-likeness (QED) is 0.269. The zero-order valence-electron chi connectivity index (χ0n) is 14.3. The molecule has 0 fully saturated rings. The molecule has 0 saturated heterocycles. The fourth-order valence-electron chi connectivity index (χ4n) is 1.83. The number of rotatable bonds is 9. The van der Waals surface area contributed by atoms with Gasteiger partial charge in [0.15, 0.2) is 17.5 Å². The van der Waals surface area contributed by atoms with E-state index in [1.54, 1.807) is 14.2 Å². The average molecular weight is 437 g/mol. The Kier molecular flexibility index (Phi) is 11.6. The molecule has 3 N–H and O–H groups in total. The van der Waals surface area contributed by atoms with Crippen LogP contribution in [0.4, 0.5) is 5.69 Å². The highest BCUT2D eigenvalue weighted by Gasteiger charge is 2.04. The molecule has 0 aromatic heterocycles. The summed E-state index contributed by atoms with van der Waals surface area (Å²) >= 11 is 0. The van der Waals surface area contributed by atoms with Gasteiger partial charge in [-0.1, -0.05) is 0 Å². The maximum Gasteiger partial charge on any atom is 0.193 e. The Morgan fingerprint density at radius 3 is 2.48 bits per heavy atom. The molecule has 0 aliphatic carbocycles. The highest BCUT2D eigenvalue weighted by molar-refractivity contribution is 14.0. The molecule has 6 nitrogen and oxygen atoms in total. The van der Waals surface area contributed by atoms with Crippen LogP contribution in [0.15, 0.2) is 23.2 Å². The Labute approximate surface area is 155 Å². The molecule has 1 aromatic rings. The van der Waals surface area contributed by atoms with Crippen LogP contribution in [-0.2, 0) is 4.74 Å². The zero-order chi connectivity index (χ0) is 16.4. The molecule has 0 unspecified atom stereocenters. The Morgan fingerprint density at radius 2 is 1.87 bits per heavy atom. The van der Waals surface area contributed by atoms with Gasteiger partial charge >= 0.3 is 0 Å². The largest absolute Gasteiger partial charge is 0.493 e. The molecule has 0 bridgehead atoms. The monoisotopic (exact) mass is 437 g/mol. The van der Waals surface area contributed by atoms with E-state index in [-0.39, 0.29) is 30.1 Å².